The molecule has 0 fully saturated rings. The van der Waals surface area contributed by atoms with Gasteiger partial charge in [-0.1, -0.05) is 18.2 Å². The number of carbonyl (C=O) groups is 1. The summed E-state index contributed by atoms with van der Waals surface area (Å²) in [5.74, 6) is -1.56. The van der Waals surface area contributed by atoms with Crippen LogP contribution in [0.1, 0.15) is 10.4 Å². The molecule has 0 atom stereocenters. The van der Waals surface area contributed by atoms with Gasteiger partial charge in [0.05, 0.1) is 12.2 Å². The van der Waals surface area contributed by atoms with Crippen molar-refractivity contribution in [3.05, 3.63) is 65.7 Å². The van der Waals surface area contributed by atoms with Gasteiger partial charge in [0.1, 0.15) is 24.8 Å². The van der Waals surface area contributed by atoms with E-state index < -0.39 is 17.5 Å². The van der Waals surface area contributed by atoms with Crippen LogP contribution in [0.4, 0.5) is 14.5 Å². The summed E-state index contributed by atoms with van der Waals surface area (Å²) in [6, 6.07) is 11.6. The summed E-state index contributed by atoms with van der Waals surface area (Å²) in [4.78, 5) is 18.1. The molecule has 6 heteroatoms. The Morgan fingerprint density at radius 2 is 1.96 bits per heavy atom. The van der Waals surface area contributed by atoms with Crippen LogP contribution in [0.5, 0.6) is 0 Å². The van der Waals surface area contributed by atoms with E-state index in [0.29, 0.717) is 24.6 Å². The number of rotatable bonds is 4. The van der Waals surface area contributed by atoms with Gasteiger partial charge in [-0.2, -0.15) is 0 Å². The fourth-order valence-corrected chi connectivity index (χ4v) is 2.31. The number of ether oxygens (including phenoxy) is 1. The molecule has 2 aromatic carbocycles. The number of aliphatic imine (C=N–C) groups is 1. The van der Waals surface area contributed by atoms with Crippen LogP contribution in [-0.4, -0.2) is 31.5 Å². The Morgan fingerprint density at radius 1 is 1.17 bits per heavy atom. The van der Waals surface area contributed by atoms with E-state index in [2.05, 4.69) is 4.99 Å². The minimum absolute atomic E-state index is 0.00369. The molecule has 1 aliphatic rings. The maximum absolute atomic E-state index is 14.1. The van der Waals surface area contributed by atoms with Crippen LogP contribution in [-0.2, 0) is 4.74 Å². The second kappa shape index (κ2) is 6.56. The van der Waals surface area contributed by atoms with Crippen LogP contribution in [0.3, 0.4) is 0 Å². The third kappa shape index (κ3) is 3.36. The minimum Gasteiger partial charge on any atom is -0.478 e. The number of hydrogen-bond donors (Lipinski definition) is 0. The summed E-state index contributed by atoms with van der Waals surface area (Å²) in [5, 5.41) is 0. The number of carbonyl (C=O) groups excluding carboxylic acids is 1. The number of halogens is 2. The van der Waals surface area contributed by atoms with Crippen molar-refractivity contribution in [2.24, 2.45) is 4.99 Å². The van der Waals surface area contributed by atoms with Gasteiger partial charge in [-0.3, -0.25) is 14.7 Å². The van der Waals surface area contributed by atoms with Gasteiger partial charge < -0.3 is 4.74 Å². The van der Waals surface area contributed by atoms with Crippen molar-refractivity contribution < 1.29 is 18.3 Å². The molecule has 0 saturated heterocycles. The quantitative estimate of drug-likeness (QED) is 0.870. The Morgan fingerprint density at radius 3 is 2.61 bits per heavy atom. The minimum atomic E-state index is -0.812. The van der Waals surface area contributed by atoms with Crippen LogP contribution in [0, 0.1) is 11.6 Å². The van der Waals surface area contributed by atoms with E-state index >= 15 is 0 Å². The molecule has 1 heterocycles. The fraction of sp³-hybridized carbons (Fsp3) is 0.176. The van der Waals surface area contributed by atoms with E-state index in [-0.39, 0.29) is 12.2 Å². The van der Waals surface area contributed by atoms with Gasteiger partial charge in [-0.05, 0) is 24.3 Å². The van der Waals surface area contributed by atoms with Crippen molar-refractivity contribution in [2.45, 2.75) is 0 Å². The first-order valence-electron chi connectivity index (χ1n) is 7.13. The molecule has 0 radical (unpaired) electrons. The van der Waals surface area contributed by atoms with Gasteiger partial charge in [0.25, 0.3) is 5.91 Å². The largest absolute Gasteiger partial charge is 0.478 e. The Kier molecular flexibility index (Phi) is 4.32. The van der Waals surface area contributed by atoms with Gasteiger partial charge in [-0.25, -0.2) is 8.78 Å². The van der Waals surface area contributed by atoms with Crippen molar-refractivity contribution in [2.75, 3.05) is 24.6 Å². The lowest BCUT2D eigenvalue weighted by Gasteiger charge is -2.23. The summed E-state index contributed by atoms with van der Waals surface area (Å²) < 4.78 is 32.6. The second-order valence-corrected chi connectivity index (χ2v) is 4.98. The molecule has 0 spiro atoms. The maximum Gasteiger partial charge on any atom is 0.258 e. The SMILES string of the molecule is O=C(c1ccccc1)N(CC1=NCCO1)c1ccc(F)cc1F. The van der Waals surface area contributed by atoms with E-state index in [9.17, 15) is 13.6 Å². The molecular formula is C17H14F2N2O2. The zero-order valence-electron chi connectivity index (χ0n) is 12.2. The Labute approximate surface area is 132 Å². The standard InChI is InChI=1S/C17H14F2N2O2/c18-13-6-7-15(14(19)10-13)21(11-16-20-8-9-23-16)17(22)12-4-2-1-3-5-12/h1-7,10H,8-9,11H2. The van der Waals surface area contributed by atoms with Crippen LogP contribution in [0.2, 0.25) is 0 Å². The molecule has 0 saturated carbocycles. The van der Waals surface area contributed by atoms with Gasteiger partial charge in [-0.15, -0.1) is 0 Å². The lowest BCUT2D eigenvalue weighted by Crippen LogP contribution is -2.36. The van der Waals surface area contributed by atoms with E-state index in [4.69, 9.17) is 4.74 Å². The highest BCUT2D eigenvalue weighted by Gasteiger charge is 2.24. The molecule has 1 amide bonds. The molecule has 3 rings (SSSR count). The summed E-state index contributed by atoms with van der Waals surface area (Å²) in [7, 11) is 0. The fourth-order valence-electron chi connectivity index (χ4n) is 2.31. The van der Waals surface area contributed by atoms with Gasteiger partial charge in [0, 0.05) is 11.6 Å². The van der Waals surface area contributed by atoms with E-state index in [0.717, 1.165) is 12.1 Å². The van der Waals surface area contributed by atoms with Crippen molar-refractivity contribution in [3.63, 3.8) is 0 Å². The number of benzene rings is 2. The lowest BCUT2D eigenvalue weighted by molar-refractivity contribution is 0.0988. The van der Waals surface area contributed by atoms with Gasteiger partial charge in [0.15, 0.2) is 0 Å². The number of amides is 1. The monoisotopic (exact) mass is 316 g/mol. The van der Waals surface area contributed by atoms with E-state index in [1.807, 2.05) is 0 Å². The number of anilines is 1. The first-order valence-corrected chi connectivity index (χ1v) is 7.13. The van der Waals surface area contributed by atoms with E-state index in [1.54, 1.807) is 30.3 Å². The van der Waals surface area contributed by atoms with Crippen molar-refractivity contribution >= 4 is 17.5 Å². The zero-order valence-corrected chi connectivity index (χ0v) is 12.2. The molecule has 4 nitrogen and oxygen atoms in total. The van der Waals surface area contributed by atoms with Crippen molar-refractivity contribution in [3.8, 4) is 0 Å². The number of nitrogens with zero attached hydrogens (tertiary/aromatic N) is 2. The molecule has 1 aliphatic heterocycles. The van der Waals surface area contributed by atoms with Crippen LogP contribution < -0.4 is 4.90 Å². The third-order valence-electron chi connectivity index (χ3n) is 3.41. The molecule has 0 aliphatic carbocycles. The molecule has 0 N–H and O–H groups in total. The lowest BCUT2D eigenvalue weighted by atomic mass is 10.1. The van der Waals surface area contributed by atoms with Gasteiger partial charge in [0.2, 0.25) is 5.90 Å². The van der Waals surface area contributed by atoms with Crippen LogP contribution in [0.15, 0.2) is 53.5 Å². The highest BCUT2D eigenvalue weighted by molar-refractivity contribution is 6.08. The highest BCUT2D eigenvalue weighted by atomic mass is 19.1. The van der Waals surface area contributed by atoms with Crippen LogP contribution >= 0.6 is 0 Å². The highest BCUT2D eigenvalue weighted by Crippen LogP contribution is 2.23. The molecule has 23 heavy (non-hydrogen) atoms. The third-order valence-corrected chi connectivity index (χ3v) is 3.41. The zero-order chi connectivity index (χ0) is 16.2. The van der Waals surface area contributed by atoms with E-state index in [1.165, 1.54) is 11.0 Å². The Hall–Kier alpha value is -2.76. The molecule has 0 unspecified atom stereocenters. The molecule has 118 valence electrons. The first-order chi connectivity index (χ1) is 11.1. The summed E-state index contributed by atoms with van der Waals surface area (Å²) in [6.45, 7) is 0.944. The molecule has 2 aromatic rings. The van der Waals surface area contributed by atoms with Crippen molar-refractivity contribution in [1.82, 2.24) is 0 Å². The average molecular weight is 316 g/mol. The molecular weight excluding hydrogens is 302 g/mol. The summed E-state index contributed by atoms with van der Waals surface area (Å²) >= 11 is 0. The second-order valence-electron chi connectivity index (χ2n) is 4.98. The maximum atomic E-state index is 14.1. The normalized spacial score (nSPS) is 13.4. The number of hydrogen-bond acceptors (Lipinski definition) is 3. The molecule has 0 bridgehead atoms. The first kappa shape index (κ1) is 15.1. The topological polar surface area (TPSA) is 41.9 Å². The predicted octanol–water partition coefficient (Wildman–Crippen LogP) is 3.04. The van der Waals surface area contributed by atoms with Gasteiger partial charge >= 0.3 is 0 Å². The van der Waals surface area contributed by atoms with Crippen LogP contribution in [0.25, 0.3) is 0 Å². The summed E-state index contributed by atoms with van der Waals surface area (Å²) in [6.07, 6.45) is 0. The smallest absolute Gasteiger partial charge is 0.258 e. The van der Waals surface area contributed by atoms with Crippen molar-refractivity contribution in [1.29, 1.82) is 0 Å². The Balaban J connectivity index is 1.97. The average Bonchev–Trinajstić information content (AvgIpc) is 3.07. The predicted molar refractivity (Wildman–Crippen MR) is 82.7 cm³/mol. The Bertz CT molecular complexity index is 748. The molecule has 0 aromatic heterocycles. The summed E-state index contributed by atoms with van der Waals surface area (Å²) in [5.41, 5.74) is 0.383.